The molecule has 0 aliphatic carbocycles. The van der Waals surface area contributed by atoms with E-state index in [-0.39, 0.29) is 11.3 Å². The molecule has 0 radical (unpaired) electrons. The van der Waals surface area contributed by atoms with Crippen molar-refractivity contribution in [2.45, 2.75) is 0 Å². The number of hydrogen-bond acceptors (Lipinski definition) is 3. The molecule has 2 aromatic carbocycles. The Labute approximate surface area is 119 Å². The molecular formula is C14H10ClFN2O2. The number of nitrogens with zero attached hydrogens (tertiary/aromatic N) is 1. The number of carbonyl (C=O) groups excluding carboxylic acids is 1. The smallest absolute Gasteiger partial charge is 0.271 e. The molecule has 0 fully saturated rings. The number of benzene rings is 2. The number of phenols is 1. The van der Waals surface area contributed by atoms with Crippen molar-refractivity contribution in [2.75, 3.05) is 0 Å². The SMILES string of the molecule is O=C(N/N=C/c1ccc(Cl)cc1O)c1cccc(F)c1. The molecule has 0 saturated heterocycles. The Morgan fingerprint density at radius 1 is 1.30 bits per heavy atom. The molecule has 0 bridgehead atoms. The molecule has 6 heteroatoms. The first-order valence-electron chi connectivity index (χ1n) is 5.64. The minimum Gasteiger partial charge on any atom is -0.507 e. The molecule has 0 aromatic heterocycles. The minimum absolute atomic E-state index is 0.0544. The van der Waals surface area contributed by atoms with Crippen LogP contribution in [0.15, 0.2) is 47.6 Å². The zero-order valence-electron chi connectivity index (χ0n) is 10.2. The van der Waals surface area contributed by atoms with Gasteiger partial charge in [0.2, 0.25) is 0 Å². The van der Waals surface area contributed by atoms with Gasteiger partial charge < -0.3 is 5.11 Å². The molecular weight excluding hydrogens is 283 g/mol. The normalized spacial score (nSPS) is 10.7. The predicted molar refractivity (Wildman–Crippen MR) is 74.6 cm³/mol. The van der Waals surface area contributed by atoms with Crippen molar-refractivity contribution in [3.63, 3.8) is 0 Å². The summed E-state index contributed by atoms with van der Waals surface area (Å²) in [6.07, 6.45) is 1.27. The van der Waals surface area contributed by atoms with Gasteiger partial charge in [0.05, 0.1) is 6.21 Å². The number of hydrazone groups is 1. The molecule has 2 N–H and O–H groups in total. The minimum atomic E-state index is -0.547. The number of rotatable bonds is 3. The van der Waals surface area contributed by atoms with E-state index in [4.69, 9.17) is 11.6 Å². The molecule has 4 nitrogen and oxygen atoms in total. The van der Waals surface area contributed by atoms with Crippen LogP contribution in [-0.4, -0.2) is 17.2 Å². The van der Waals surface area contributed by atoms with E-state index in [0.29, 0.717) is 10.6 Å². The third-order valence-corrected chi connectivity index (χ3v) is 2.68. The van der Waals surface area contributed by atoms with E-state index < -0.39 is 11.7 Å². The monoisotopic (exact) mass is 292 g/mol. The highest BCUT2D eigenvalue weighted by molar-refractivity contribution is 6.30. The van der Waals surface area contributed by atoms with E-state index in [1.165, 1.54) is 30.5 Å². The molecule has 0 saturated carbocycles. The maximum atomic E-state index is 12.9. The fourth-order valence-corrected chi connectivity index (χ4v) is 1.65. The number of hydrogen-bond donors (Lipinski definition) is 2. The Kier molecular flexibility index (Phi) is 4.32. The first-order chi connectivity index (χ1) is 9.56. The predicted octanol–water partition coefficient (Wildman–Crippen LogP) is 2.95. The van der Waals surface area contributed by atoms with Crippen LogP contribution < -0.4 is 5.43 Å². The summed E-state index contributed by atoms with van der Waals surface area (Å²) in [6, 6.07) is 9.73. The van der Waals surface area contributed by atoms with Crippen molar-refractivity contribution >= 4 is 23.7 Å². The number of phenolic OH excluding ortho intramolecular Hbond substituents is 1. The topological polar surface area (TPSA) is 61.7 Å². The molecule has 2 aromatic rings. The van der Waals surface area contributed by atoms with E-state index in [2.05, 4.69) is 10.5 Å². The Bertz CT molecular complexity index is 674. The van der Waals surface area contributed by atoms with E-state index in [1.807, 2.05) is 0 Å². The van der Waals surface area contributed by atoms with Crippen LogP contribution in [0, 0.1) is 5.82 Å². The summed E-state index contributed by atoms with van der Waals surface area (Å²) < 4.78 is 12.9. The average molecular weight is 293 g/mol. The maximum Gasteiger partial charge on any atom is 0.271 e. The third kappa shape index (κ3) is 3.55. The Morgan fingerprint density at radius 2 is 2.10 bits per heavy atom. The highest BCUT2D eigenvalue weighted by atomic mass is 35.5. The Balaban J connectivity index is 2.04. The highest BCUT2D eigenvalue weighted by Gasteiger charge is 2.05. The number of nitrogens with one attached hydrogen (secondary N) is 1. The van der Waals surface area contributed by atoms with Gasteiger partial charge in [-0.1, -0.05) is 17.7 Å². The summed E-state index contributed by atoms with van der Waals surface area (Å²) in [5.41, 5.74) is 2.79. The van der Waals surface area contributed by atoms with Gasteiger partial charge in [0.1, 0.15) is 11.6 Å². The summed E-state index contributed by atoms with van der Waals surface area (Å²) in [4.78, 5) is 11.7. The second kappa shape index (κ2) is 6.16. The van der Waals surface area contributed by atoms with Gasteiger partial charge in [-0.25, -0.2) is 9.82 Å². The second-order valence-corrected chi connectivity index (χ2v) is 4.35. The highest BCUT2D eigenvalue weighted by Crippen LogP contribution is 2.20. The lowest BCUT2D eigenvalue weighted by atomic mass is 10.2. The quantitative estimate of drug-likeness (QED) is 0.675. The van der Waals surface area contributed by atoms with Crippen LogP contribution in [0.5, 0.6) is 5.75 Å². The van der Waals surface area contributed by atoms with E-state index in [9.17, 15) is 14.3 Å². The number of halogens is 2. The Morgan fingerprint density at radius 3 is 2.80 bits per heavy atom. The summed E-state index contributed by atoms with van der Waals surface area (Å²) in [5, 5.41) is 13.7. The van der Waals surface area contributed by atoms with E-state index in [0.717, 1.165) is 6.07 Å². The van der Waals surface area contributed by atoms with Gasteiger partial charge in [-0.05, 0) is 36.4 Å². The van der Waals surface area contributed by atoms with Gasteiger partial charge in [-0.3, -0.25) is 4.79 Å². The van der Waals surface area contributed by atoms with Crippen molar-refractivity contribution < 1.29 is 14.3 Å². The lowest BCUT2D eigenvalue weighted by Gasteiger charge is -2.01. The summed E-state index contributed by atoms with van der Waals surface area (Å²) in [5.74, 6) is -1.10. The standard InChI is InChI=1S/C14H10ClFN2O2/c15-11-5-4-10(13(19)7-11)8-17-18-14(20)9-2-1-3-12(16)6-9/h1-8,19H,(H,18,20)/b17-8+. The third-order valence-electron chi connectivity index (χ3n) is 2.45. The lowest BCUT2D eigenvalue weighted by molar-refractivity contribution is 0.0954. The van der Waals surface area contributed by atoms with Crippen molar-refractivity contribution in [2.24, 2.45) is 5.10 Å². The maximum absolute atomic E-state index is 12.9. The van der Waals surface area contributed by atoms with E-state index >= 15 is 0 Å². The number of amides is 1. The Hall–Kier alpha value is -2.40. The van der Waals surface area contributed by atoms with Crippen LogP contribution in [0.1, 0.15) is 15.9 Å². The zero-order valence-corrected chi connectivity index (χ0v) is 10.9. The van der Waals surface area contributed by atoms with Crippen molar-refractivity contribution in [3.8, 4) is 5.75 Å². The molecule has 0 aliphatic heterocycles. The molecule has 0 spiro atoms. The molecule has 102 valence electrons. The molecule has 2 rings (SSSR count). The molecule has 1 amide bonds. The molecule has 20 heavy (non-hydrogen) atoms. The van der Waals surface area contributed by atoms with Crippen LogP contribution in [-0.2, 0) is 0 Å². The number of carbonyl (C=O) groups is 1. The molecule has 0 atom stereocenters. The van der Waals surface area contributed by atoms with Gasteiger partial charge in [0.25, 0.3) is 5.91 Å². The zero-order chi connectivity index (χ0) is 14.5. The summed E-state index contributed by atoms with van der Waals surface area (Å²) in [6.45, 7) is 0. The van der Waals surface area contributed by atoms with Gasteiger partial charge in [0.15, 0.2) is 0 Å². The van der Waals surface area contributed by atoms with Crippen LogP contribution in [0.2, 0.25) is 5.02 Å². The van der Waals surface area contributed by atoms with Gasteiger partial charge in [-0.2, -0.15) is 5.10 Å². The van der Waals surface area contributed by atoms with E-state index in [1.54, 1.807) is 12.1 Å². The van der Waals surface area contributed by atoms with Gasteiger partial charge in [0, 0.05) is 16.1 Å². The summed E-state index contributed by atoms with van der Waals surface area (Å²) >= 11 is 5.69. The van der Waals surface area contributed by atoms with Crippen LogP contribution in [0.25, 0.3) is 0 Å². The number of aromatic hydroxyl groups is 1. The first kappa shape index (κ1) is 14.0. The van der Waals surface area contributed by atoms with Crippen LogP contribution in [0.4, 0.5) is 4.39 Å². The van der Waals surface area contributed by atoms with Crippen LogP contribution >= 0.6 is 11.6 Å². The molecule has 0 heterocycles. The second-order valence-electron chi connectivity index (χ2n) is 3.91. The van der Waals surface area contributed by atoms with Crippen molar-refractivity contribution in [1.82, 2.24) is 5.43 Å². The summed E-state index contributed by atoms with van der Waals surface area (Å²) in [7, 11) is 0. The average Bonchev–Trinajstić information content (AvgIpc) is 2.41. The molecule has 0 unspecified atom stereocenters. The first-order valence-corrected chi connectivity index (χ1v) is 6.01. The fraction of sp³-hybridized carbons (Fsp3) is 0. The largest absolute Gasteiger partial charge is 0.507 e. The van der Waals surface area contributed by atoms with Crippen molar-refractivity contribution in [1.29, 1.82) is 0 Å². The molecule has 0 aliphatic rings. The fourth-order valence-electron chi connectivity index (χ4n) is 1.48. The van der Waals surface area contributed by atoms with Crippen molar-refractivity contribution in [3.05, 3.63) is 64.4 Å². The van der Waals surface area contributed by atoms with Crippen LogP contribution in [0.3, 0.4) is 0 Å². The van der Waals surface area contributed by atoms with Gasteiger partial charge in [-0.15, -0.1) is 0 Å². The lowest BCUT2D eigenvalue weighted by Crippen LogP contribution is -2.17. The van der Waals surface area contributed by atoms with Gasteiger partial charge >= 0.3 is 0 Å².